The van der Waals surface area contributed by atoms with E-state index in [1.807, 2.05) is 0 Å². The Morgan fingerprint density at radius 3 is 2.51 bits per heavy atom. The summed E-state index contributed by atoms with van der Waals surface area (Å²) in [6.45, 7) is 1.63. The molecule has 3 aromatic rings. The molecule has 3 amide bonds. The maximum atomic E-state index is 13.0. The fraction of sp³-hybridized carbons (Fsp3) is 0.240. The zero-order valence-electron chi connectivity index (χ0n) is 19.4. The molecule has 10 nitrogen and oxygen atoms in total. The predicted molar refractivity (Wildman–Crippen MR) is 136 cm³/mol. The monoisotopic (exact) mass is 539 g/mol. The first-order chi connectivity index (χ1) is 17.8. The molecule has 0 radical (unpaired) electrons. The number of thiazole rings is 1. The molecule has 5 rings (SSSR count). The van der Waals surface area contributed by atoms with E-state index in [4.69, 9.17) is 4.74 Å². The van der Waals surface area contributed by atoms with Crippen molar-refractivity contribution in [1.82, 2.24) is 9.88 Å². The number of anilines is 1. The molecule has 0 saturated carbocycles. The molecule has 0 spiro atoms. The summed E-state index contributed by atoms with van der Waals surface area (Å²) in [7, 11) is 0. The second-order valence-corrected chi connectivity index (χ2v) is 10.5. The molecule has 3 N–H and O–H groups in total. The number of aromatic hydroxyl groups is 1. The molecule has 2 unspecified atom stereocenters. The van der Waals surface area contributed by atoms with Crippen molar-refractivity contribution in [2.24, 2.45) is 5.92 Å². The Morgan fingerprint density at radius 2 is 1.81 bits per heavy atom. The molecule has 37 heavy (non-hydrogen) atoms. The summed E-state index contributed by atoms with van der Waals surface area (Å²) in [5.41, 5.74) is 1.20. The number of fused-ring (bicyclic) bond motifs is 2. The molecule has 12 heteroatoms. The van der Waals surface area contributed by atoms with E-state index >= 15 is 0 Å². The van der Waals surface area contributed by atoms with Crippen molar-refractivity contribution < 1.29 is 29.0 Å². The van der Waals surface area contributed by atoms with Gasteiger partial charge in [-0.25, -0.2) is 4.79 Å². The number of phenols is 1. The summed E-state index contributed by atoms with van der Waals surface area (Å²) < 4.78 is 6.23. The lowest BCUT2D eigenvalue weighted by Gasteiger charge is -2.31. The fourth-order valence-corrected chi connectivity index (χ4v) is 7.24. The predicted octanol–water partition coefficient (Wildman–Crippen LogP) is 2.31. The lowest BCUT2D eigenvalue weighted by Crippen LogP contribution is -2.32. The number of hydrogen-bond donors (Lipinski definition) is 3. The Morgan fingerprint density at radius 1 is 1.08 bits per heavy atom. The van der Waals surface area contributed by atoms with Gasteiger partial charge in [0.05, 0.1) is 23.1 Å². The van der Waals surface area contributed by atoms with Crippen molar-refractivity contribution in [1.29, 1.82) is 0 Å². The van der Waals surface area contributed by atoms with Gasteiger partial charge < -0.3 is 15.2 Å². The van der Waals surface area contributed by atoms with Gasteiger partial charge in [0, 0.05) is 22.0 Å². The molecule has 0 aliphatic carbocycles. The van der Waals surface area contributed by atoms with Crippen LogP contribution in [0.25, 0.3) is 0 Å². The number of para-hydroxylation sites is 1. The molecule has 2 aliphatic heterocycles. The molecular formula is C25H21N3O7S2. The van der Waals surface area contributed by atoms with E-state index in [9.17, 15) is 29.1 Å². The first-order valence-electron chi connectivity index (χ1n) is 11.4. The Bertz CT molecular complexity index is 1480. The number of nitrogens with one attached hydrogen (secondary N) is 2. The number of amides is 3. The largest absolute Gasteiger partial charge is 0.508 e. The minimum absolute atomic E-state index is 0.0485. The number of carbonyl (C=O) groups is 4. The molecule has 1 saturated heterocycles. The molecule has 3 atom stereocenters. The topological polar surface area (TPSA) is 144 Å². The lowest BCUT2D eigenvalue weighted by molar-refractivity contribution is -0.126. The van der Waals surface area contributed by atoms with Gasteiger partial charge in [-0.15, -0.1) is 0 Å². The highest BCUT2D eigenvalue weighted by atomic mass is 32.2. The molecule has 190 valence electrons. The Kier molecular flexibility index (Phi) is 6.61. The van der Waals surface area contributed by atoms with E-state index in [-0.39, 0.29) is 18.9 Å². The van der Waals surface area contributed by atoms with E-state index in [2.05, 4.69) is 10.6 Å². The summed E-state index contributed by atoms with van der Waals surface area (Å²) in [5.74, 6) is -3.45. The number of rotatable bonds is 6. The maximum absolute atomic E-state index is 13.0. The first kappa shape index (κ1) is 24.8. The van der Waals surface area contributed by atoms with Gasteiger partial charge in [-0.1, -0.05) is 41.3 Å². The quantitative estimate of drug-likeness (QED) is 0.320. The van der Waals surface area contributed by atoms with Gasteiger partial charge >= 0.3 is 10.8 Å². The maximum Gasteiger partial charge on any atom is 0.338 e. The first-order valence-corrected chi connectivity index (χ1v) is 13.1. The van der Waals surface area contributed by atoms with Crippen molar-refractivity contribution in [3.8, 4) is 5.75 Å². The van der Waals surface area contributed by atoms with Crippen molar-refractivity contribution in [2.45, 2.75) is 29.7 Å². The molecule has 1 aromatic heterocycles. The van der Waals surface area contributed by atoms with E-state index in [0.29, 0.717) is 26.7 Å². The van der Waals surface area contributed by atoms with Crippen LogP contribution in [0.1, 0.15) is 33.6 Å². The number of ether oxygens (including phenoxy) is 1. The third kappa shape index (κ3) is 4.53. The van der Waals surface area contributed by atoms with Gasteiger partial charge in [-0.3, -0.25) is 29.1 Å². The smallest absolute Gasteiger partial charge is 0.338 e. The van der Waals surface area contributed by atoms with Crippen LogP contribution in [0.15, 0.2) is 58.4 Å². The fourth-order valence-electron chi connectivity index (χ4n) is 4.51. The third-order valence-electron chi connectivity index (χ3n) is 6.14. The van der Waals surface area contributed by atoms with E-state index in [1.165, 1.54) is 22.8 Å². The number of hydrogen-bond acceptors (Lipinski definition) is 9. The van der Waals surface area contributed by atoms with Crippen LogP contribution in [0.5, 0.6) is 5.75 Å². The van der Waals surface area contributed by atoms with Crippen LogP contribution in [0.3, 0.4) is 0 Å². The van der Waals surface area contributed by atoms with Gasteiger partial charge in [0.1, 0.15) is 17.5 Å². The molecule has 2 aromatic carbocycles. The summed E-state index contributed by atoms with van der Waals surface area (Å²) in [5, 5.41) is 15.2. The van der Waals surface area contributed by atoms with Gasteiger partial charge in [-0.05, 0) is 37.3 Å². The van der Waals surface area contributed by atoms with Gasteiger partial charge in [0.25, 0.3) is 0 Å². The number of aromatic nitrogens is 1. The SMILES string of the molecule is CCOC(=O)c1ccc(NC(=O)Cn2c3c(sc2=O)[C@@H](c2ccccc2O)C2C(=O)NC(=O)C2S3)cc1. The van der Waals surface area contributed by atoms with Gasteiger partial charge in [-0.2, -0.15) is 0 Å². The average Bonchev–Trinajstić information content (AvgIpc) is 3.33. The summed E-state index contributed by atoms with van der Waals surface area (Å²) >= 11 is 1.97. The summed E-state index contributed by atoms with van der Waals surface area (Å²) in [6.07, 6.45) is 0. The second-order valence-electron chi connectivity index (χ2n) is 8.42. The van der Waals surface area contributed by atoms with Crippen molar-refractivity contribution in [2.75, 3.05) is 11.9 Å². The van der Waals surface area contributed by atoms with Crippen LogP contribution in [0, 0.1) is 5.92 Å². The molecule has 0 bridgehead atoms. The zero-order valence-corrected chi connectivity index (χ0v) is 21.1. The summed E-state index contributed by atoms with van der Waals surface area (Å²) in [4.78, 5) is 63.1. The number of benzene rings is 2. The van der Waals surface area contributed by atoms with E-state index in [0.717, 1.165) is 23.1 Å². The van der Waals surface area contributed by atoms with E-state index < -0.39 is 45.6 Å². The highest BCUT2D eigenvalue weighted by molar-refractivity contribution is 8.00. The number of carbonyl (C=O) groups excluding carboxylic acids is 4. The minimum Gasteiger partial charge on any atom is -0.508 e. The number of imide groups is 1. The average molecular weight is 540 g/mol. The summed E-state index contributed by atoms with van der Waals surface area (Å²) in [6, 6.07) is 12.7. The Hall–Kier alpha value is -3.90. The van der Waals surface area contributed by atoms with Crippen LogP contribution in [-0.2, 0) is 25.7 Å². The molecule has 3 heterocycles. The Labute approximate surface area is 218 Å². The molecule has 1 fully saturated rings. The van der Waals surface area contributed by atoms with Crippen LogP contribution in [0.4, 0.5) is 5.69 Å². The normalized spacial score (nSPS) is 20.1. The molecule has 2 aliphatic rings. The molecular weight excluding hydrogens is 518 g/mol. The number of phenolic OH excluding ortho intramolecular Hbond substituents is 1. The minimum atomic E-state index is -0.802. The second kappa shape index (κ2) is 9.87. The highest BCUT2D eigenvalue weighted by Crippen LogP contribution is 2.52. The van der Waals surface area contributed by atoms with Gasteiger partial charge in [0.15, 0.2) is 0 Å². The standard InChI is InChI=1S/C25H21N3O7S2/c1-2-35-24(33)12-7-9-13(10-8-12)26-16(30)11-28-23-20(37-25(28)34)17(14-5-3-4-6-15(14)29)18-19(36-23)22(32)27-21(18)31/h3-10,17-19,29H,2,11H2,1H3,(H,26,30)(H,27,31,32)/t17-,18?,19?/m0/s1. The highest BCUT2D eigenvalue weighted by Gasteiger charge is 2.53. The van der Waals surface area contributed by atoms with Gasteiger partial charge in [0.2, 0.25) is 17.7 Å². The Balaban J connectivity index is 1.44. The van der Waals surface area contributed by atoms with Crippen LogP contribution < -0.4 is 15.5 Å². The van der Waals surface area contributed by atoms with Crippen LogP contribution in [-0.4, -0.2) is 45.2 Å². The van der Waals surface area contributed by atoms with Crippen LogP contribution in [0.2, 0.25) is 0 Å². The van der Waals surface area contributed by atoms with Crippen molar-refractivity contribution >= 4 is 52.5 Å². The zero-order chi connectivity index (χ0) is 26.3. The number of thioether (sulfide) groups is 1. The van der Waals surface area contributed by atoms with Crippen molar-refractivity contribution in [3.63, 3.8) is 0 Å². The van der Waals surface area contributed by atoms with Crippen molar-refractivity contribution in [3.05, 3.63) is 74.2 Å². The number of nitrogens with zero attached hydrogens (tertiary/aromatic N) is 1. The van der Waals surface area contributed by atoms with E-state index in [1.54, 1.807) is 37.3 Å². The lowest BCUT2D eigenvalue weighted by atomic mass is 9.82. The third-order valence-corrected chi connectivity index (χ3v) is 8.76. The number of esters is 1. The van der Waals surface area contributed by atoms with Crippen LogP contribution >= 0.6 is 23.1 Å².